The van der Waals surface area contributed by atoms with Gasteiger partial charge in [0, 0.05) is 6.54 Å². The van der Waals surface area contributed by atoms with E-state index in [1.165, 1.54) is 0 Å². The summed E-state index contributed by atoms with van der Waals surface area (Å²) in [5.74, 6) is 0.575. The summed E-state index contributed by atoms with van der Waals surface area (Å²) in [5.41, 5.74) is 7.14. The average molecular weight is 275 g/mol. The first-order chi connectivity index (χ1) is 9.65. The Hall–Kier alpha value is -2.07. The van der Waals surface area contributed by atoms with Gasteiger partial charge in [-0.25, -0.2) is 4.39 Å². The van der Waals surface area contributed by atoms with Crippen LogP contribution in [0.3, 0.4) is 0 Å². The van der Waals surface area contributed by atoms with Crippen molar-refractivity contribution in [2.45, 2.75) is 13.0 Å². The molecule has 0 saturated heterocycles. The lowest BCUT2D eigenvalue weighted by Gasteiger charge is -2.19. The number of halogens is 1. The van der Waals surface area contributed by atoms with Gasteiger partial charge in [-0.2, -0.15) is 0 Å². The third kappa shape index (κ3) is 3.08. The van der Waals surface area contributed by atoms with Crippen LogP contribution in [0.5, 0.6) is 11.5 Å². The molecular weight excluding hydrogens is 257 g/mol. The minimum Gasteiger partial charge on any atom is -0.497 e. The SMILES string of the molecule is COc1cccc(C(CN)Oc2cccc(C)c2F)c1. The fourth-order valence-corrected chi connectivity index (χ4v) is 1.96. The van der Waals surface area contributed by atoms with E-state index in [-0.39, 0.29) is 18.1 Å². The number of hydrogen-bond donors (Lipinski definition) is 1. The van der Waals surface area contributed by atoms with Gasteiger partial charge >= 0.3 is 0 Å². The number of benzene rings is 2. The molecule has 106 valence electrons. The zero-order valence-corrected chi connectivity index (χ0v) is 11.6. The van der Waals surface area contributed by atoms with Gasteiger partial charge in [-0.15, -0.1) is 0 Å². The minimum absolute atomic E-state index is 0.211. The Labute approximate surface area is 118 Å². The predicted octanol–water partition coefficient (Wildman–Crippen LogP) is 3.22. The molecular formula is C16H18FNO2. The van der Waals surface area contributed by atoms with Crippen molar-refractivity contribution in [2.75, 3.05) is 13.7 Å². The van der Waals surface area contributed by atoms with Crippen molar-refractivity contribution < 1.29 is 13.9 Å². The highest BCUT2D eigenvalue weighted by Gasteiger charge is 2.15. The maximum Gasteiger partial charge on any atom is 0.167 e. The van der Waals surface area contributed by atoms with Gasteiger partial charge in [0.15, 0.2) is 11.6 Å². The van der Waals surface area contributed by atoms with E-state index in [1.807, 2.05) is 24.3 Å². The molecule has 0 saturated carbocycles. The van der Waals surface area contributed by atoms with Gasteiger partial charge in [-0.1, -0.05) is 24.3 Å². The van der Waals surface area contributed by atoms with Crippen LogP contribution >= 0.6 is 0 Å². The van der Waals surface area contributed by atoms with Crippen LogP contribution in [-0.2, 0) is 0 Å². The van der Waals surface area contributed by atoms with E-state index in [9.17, 15) is 4.39 Å². The largest absolute Gasteiger partial charge is 0.497 e. The molecule has 1 atom stereocenters. The summed E-state index contributed by atoms with van der Waals surface area (Å²) in [6.07, 6.45) is -0.415. The van der Waals surface area contributed by atoms with Crippen molar-refractivity contribution in [2.24, 2.45) is 5.73 Å². The molecule has 2 rings (SSSR count). The van der Waals surface area contributed by atoms with Crippen LogP contribution in [-0.4, -0.2) is 13.7 Å². The van der Waals surface area contributed by atoms with Gasteiger partial charge < -0.3 is 15.2 Å². The van der Waals surface area contributed by atoms with Crippen molar-refractivity contribution in [1.29, 1.82) is 0 Å². The molecule has 20 heavy (non-hydrogen) atoms. The smallest absolute Gasteiger partial charge is 0.167 e. The number of ether oxygens (including phenoxy) is 2. The number of hydrogen-bond acceptors (Lipinski definition) is 3. The van der Waals surface area contributed by atoms with Crippen molar-refractivity contribution in [3.63, 3.8) is 0 Å². The van der Waals surface area contributed by atoms with Gasteiger partial charge in [0.2, 0.25) is 0 Å². The van der Waals surface area contributed by atoms with Crippen LogP contribution in [0.2, 0.25) is 0 Å². The lowest BCUT2D eigenvalue weighted by molar-refractivity contribution is 0.204. The lowest BCUT2D eigenvalue weighted by Crippen LogP contribution is -2.19. The fraction of sp³-hybridized carbons (Fsp3) is 0.250. The standard InChI is InChI=1S/C16H18FNO2/c1-11-5-3-8-14(16(11)17)20-15(10-18)12-6-4-7-13(9-12)19-2/h3-9,15H,10,18H2,1-2H3. The van der Waals surface area contributed by atoms with Crippen LogP contribution < -0.4 is 15.2 Å². The van der Waals surface area contributed by atoms with E-state index in [4.69, 9.17) is 15.2 Å². The molecule has 0 aliphatic carbocycles. The molecule has 0 bridgehead atoms. The molecule has 0 amide bonds. The Bertz CT molecular complexity index is 586. The van der Waals surface area contributed by atoms with Crippen molar-refractivity contribution >= 4 is 0 Å². The molecule has 0 aliphatic rings. The first kappa shape index (κ1) is 14.3. The summed E-state index contributed by atoms with van der Waals surface area (Å²) in [7, 11) is 1.59. The number of nitrogens with two attached hydrogens (primary N) is 1. The molecule has 0 fully saturated rings. The minimum atomic E-state index is -0.415. The average Bonchev–Trinajstić information content (AvgIpc) is 2.49. The summed E-state index contributed by atoms with van der Waals surface area (Å²) in [5, 5.41) is 0. The summed E-state index contributed by atoms with van der Waals surface area (Å²) >= 11 is 0. The third-order valence-electron chi connectivity index (χ3n) is 3.11. The fourth-order valence-electron chi connectivity index (χ4n) is 1.96. The van der Waals surface area contributed by atoms with Crippen LogP contribution in [0.4, 0.5) is 4.39 Å². The quantitative estimate of drug-likeness (QED) is 0.911. The summed E-state index contributed by atoms with van der Waals surface area (Å²) in [6, 6.07) is 12.5. The Balaban J connectivity index is 2.26. The monoisotopic (exact) mass is 275 g/mol. The maximum atomic E-state index is 14.0. The molecule has 0 radical (unpaired) electrons. The number of aryl methyl sites for hydroxylation is 1. The topological polar surface area (TPSA) is 44.5 Å². The van der Waals surface area contributed by atoms with E-state index in [1.54, 1.807) is 32.2 Å². The zero-order chi connectivity index (χ0) is 14.5. The lowest BCUT2D eigenvalue weighted by atomic mass is 10.1. The second-order valence-corrected chi connectivity index (χ2v) is 4.51. The summed E-state index contributed by atoms with van der Waals surface area (Å²) in [4.78, 5) is 0. The van der Waals surface area contributed by atoms with E-state index in [2.05, 4.69) is 0 Å². The van der Waals surface area contributed by atoms with Crippen LogP contribution in [0.25, 0.3) is 0 Å². The second kappa shape index (κ2) is 6.39. The van der Waals surface area contributed by atoms with Gasteiger partial charge in [0.1, 0.15) is 11.9 Å². The first-order valence-electron chi connectivity index (χ1n) is 6.41. The zero-order valence-electron chi connectivity index (χ0n) is 11.6. The Kier molecular flexibility index (Phi) is 4.58. The molecule has 2 N–H and O–H groups in total. The van der Waals surface area contributed by atoms with E-state index in [0.29, 0.717) is 11.3 Å². The van der Waals surface area contributed by atoms with E-state index in [0.717, 1.165) is 5.56 Å². The second-order valence-electron chi connectivity index (χ2n) is 4.51. The molecule has 0 spiro atoms. The Morgan fingerprint density at radius 3 is 2.65 bits per heavy atom. The normalized spacial score (nSPS) is 12.0. The highest BCUT2D eigenvalue weighted by Crippen LogP contribution is 2.27. The molecule has 3 nitrogen and oxygen atoms in total. The van der Waals surface area contributed by atoms with Gasteiger partial charge in [-0.05, 0) is 36.2 Å². The van der Waals surface area contributed by atoms with Crippen LogP contribution in [0.15, 0.2) is 42.5 Å². The molecule has 0 heterocycles. The third-order valence-corrected chi connectivity index (χ3v) is 3.11. The van der Waals surface area contributed by atoms with Gasteiger partial charge in [0.05, 0.1) is 7.11 Å². The van der Waals surface area contributed by atoms with Crippen molar-refractivity contribution in [3.8, 4) is 11.5 Å². The summed E-state index contributed by atoms with van der Waals surface area (Å²) < 4.78 is 24.8. The van der Waals surface area contributed by atoms with Crippen LogP contribution in [0, 0.1) is 12.7 Å². The molecule has 1 unspecified atom stereocenters. The summed E-state index contributed by atoms with van der Waals surface area (Å²) in [6.45, 7) is 1.95. The molecule has 4 heteroatoms. The predicted molar refractivity (Wildman–Crippen MR) is 76.6 cm³/mol. The highest BCUT2D eigenvalue weighted by molar-refractivity contribution is 5.33. The van der Waals surface area contributed by atoms with Crippen molar-refractivity contribution in [3.05, 3.63) is 59.4 Å². The first-order valence-corrected chi connectivity index (χ1v) is 6.41. The van der Waals surface area contributed by atoms with Gasteiger partial charge in [-0.3, -0.25) is 0 Å². The van der Waals surface area contributed by atoms with E-state index >= 15 is 0 Å². The molecule has 2 aromatic carbocycles. The Morgan fingerprint density at radius 2 is 1.95 bits per heavy atom. The molecule has 0 aliphatic heterocycles. The molecule has 0 aromatic heterocycles. The maximum absolute atomic E-state index is 14.0. The number of rotatable bonds is 5. The van der Waals surface area contributed by atoms with Crippen molar-refractivity contribution in [1.82, 2.24) is 0 Å². The highest BCUT2D eigenvalue weighted by atomic mass is 19.1. The van der Waals surface area contributed by atoms with Gasteiger partial charge in [0.25, 0.3) is 0 Å². The Morgan fingerprint density at radius 1 is 1.20 bits per heavy atom. The molecule has 2 aromatic rings. The number of methoxy groups -OCH3 is 1. The van der Waals surface area contributed by atoms with Crippen LogP contribution in [0.1, 0.15) is 17.2 Å². The van der Waals surface area contributed by atoms with E-state index < -0.39 is 6.10 Å².